The summed E-state index contributed by atoms with van der Waals surface area (Å²) in [6.07, 6.45) is 1.66. The SMILES string of the molecule is N=O.Nc1ccccn1. The van der Waals surface area contributed by atoms with Gasteiger partial charge in [-0.05, 0) is 12.1 Å². The second kappa shape index (κ2) is 4.70. The van der Waals surface area contributed by atoms with Crippen molar-refractivity contribution in [1.29, 1.82) is 5.59 Å². The van der Waals surface area contributed by atoms with Gasteiger partial charge in [0.25, 0.3) is 0 Å². The highest BCUT2D eigenvalue weighted by Gasteiger charge is 1.73. The maximum absolute atomic E-state index is 7.50. The minimum atomic E-state index is 0.572. The molecule has 4 heteroatoms. The van der Waals surface area contributed by atoms with E-state index in [4.69, 9.17) is 10.6 Å². The third-order valence-corrected chi connectivity index (χ3v) is 0.688. The molecule has 0 saturated heterocycles. The van der Waals surface area contributed by atoms with Gasteiger partial charge in [0.1, 0.15) is 5.82 Å². The summed E-state index contributed by atoms with van der Waals surface area (Å²) in [5.74, 6) is 0.572. The van der Waals surface area contributed by atoms with E-state index >= 15 is 0 Å². The molecule has 0 amide bonds. The molecule has 1 aromatic rings. The van der Waals surface area contributed by atoms with E-state index in [0.29, 0.717) is 5.82 Å². The highest BCUT2D eigenvalue weighted by molar-refractivity contribution is 5.25. The smallest absolute Gasteiger partial charge is 0.123 e. The number of hydrogen-bond acceptors (Lipinski definition) is 4. The fourth-order valence-electron chi connectivity index (χ4n) is 0.376. The lowest BCUT2D eigenvalue weighted by molar-refractivity contribution is 1.34. The monoisotopic (exact) mass is 125 g/mol. The Kier molecular flexibility index (Phi) is 3.95. The van der Waals surface area contributed by atoms with Gasteiger partial charge >= 0.3 is 0 Å². The van der Waals surface area contributed by atoms with Crippen molar-refractivity contribution in [1.82, 2.24) is 4.98 Å². The molecule has 0 radical (unpaired) electrons. The van der Waals surface area contributed by atoms with E-state index in [-0.39, 0.29) is 0 Å². The van der Waals surface area contributed by atoms with Crippen LogP contribution in [-0.4, -0.2) is 4.98 Å². The topological polar surface area (TPSA) is 79.8 Å². The first kappa shape index (κ1) is 7.55. The zero-order valence-corrected chi connectivity index (χ0v) is 4.74. The summed E-state index contributed by atoms with van der Waals surface area (Å²) < 4.78 is 0. The van der Waals surface area contributed by atoms with Crippen molar-refractivity contribution in [2.24, 2.45) is 0 Å². The number of aromatic nitrogens is 1. The number of nitroso groups, excluding NO2 is 1. The minimum Gasteiger partial charge on any atom is -0.384 e. The molecule has 0 bridgehead atoms. The third-order valence-electron chi connectivity index (χ3n) is 0.688. The molecule has 4 nitrogen and oxygen atoms in total. The zero-order valence-electron chi connectivity index (χ0n) is 4.74. The van der Waals surface area contributed by atoms with E-state index in [1.165, 1.54) is 0 Å². The number of nitrogens with one attached hydrogen (secondary N) is 1. The number of pyridine rings is 1. The summed E-state index contributed by atoms with van der Waals surface area (Å²) >= 11 is 0. The molecule has 0 fully saturated rings. The van der Waals surface area contributed by atoms with Crippen LogP contribution in [0.4, 0.5) is 5.82 Å². The van der Waals surface area contributed by atoms with Crippen LogP contribution in [0.1, 0.15) is 0 Å². The number of hydrogen-bond donors (Lipinski definition) is 2. The van der Waals surface area contributed by atoms with Gasteiger partial charge in [0.15, 0.2) is 0 Å². The van der Waals surface area contributed by atoms with Gasteiger partial charge in [0.05, 0.1) is 0 Å². The molecule has 0 aliphatic carbocycles. The van der Waals surface area contributed by atoms with Crippen molar-refractivity contribution in [3.63, 3.8) is 0 Å². The number of nitrogen functional groups attached to an aromatic ring is 1. The summed E-state index contributed by atoms with van der Waals surface area (Å²) in [4.78, 5) is 11.3. The average Bonchev–Trinajstić information content (AvgIpc) is 1.94. The van der Waals surface area contributed by atoms with Crippen molar-refractivity contribution in [2.75, 3.05) is 5.73 Å². The maximum atomic E-state index is 7.50. The Hall–Kier alpha value is -1.45. The van der Waals surface area contributed by atoms with Crippen LogP contribution >= 0.6 is 0 Å². The lowest BCUT2D eigenvalue weighted by atomic mass is 10.5. The van der Waals surface area contributed by atoms with E-state index in [1.54, 1.807) is 12.3 Å². The first-order valence-corrected chi connectivity index (χ1v) is 2.26. The van der Waals surface area contributed by atoms with Gasteiger partial charge in [-0.3, -0.25) is 0 Å². The van der Waals surface area contributed by atoms with Crippen molar-refractivity contribution >= 4 is 5.82 Å². The number of nitrogens with two attached hydrogens (primary N) is 1. The van der Waals surface area contributed by atoms with Crippen molar-refractivity contribution in [3.8, 4) is 0 Å². The molecule has 0 unspecified atom stereocenters. The first-order valence-electron chi connectivity index (χ1n) is 2.26. The first-order chi connectivity index (χ1) is 4.39. The predicted molar refractivity (Wildman–Crippen MR) is 34.7 cm³/mol. The molecule has 1 aromatic heterocycles. The summed E-state index contributed by atoms with van der Waals surface area (Å²) in [5, 5.41) is 0. The Morgan fingerprint density at radius 1 is 1.44 bits per heavy atom. The molecule has 0 aliphatic rings. The van der Waals surface area contributed by atoms with Gasteiger partial charge in [0, 0.05) is 6.20 Å². The molecular weight excluding hydrogens is 118 g/mol. The van der Waals surface area contributed by atoms with Crippen LogP contribution in [0, 0.1) is 10.5 Å². The second-order valence-electron chi connectivity index (χ2n) is 1.25. The van der Waals surface area contributed by atoms with Crippen LogP contribution in [0.2, 0.25) is 0 Å². The van der Waals surface area contributed by atoms with Crippen LogP contribution in [0.25, 0.3) is 0 Å². The highest BCUT2D eigenvalue weighted by atomic mass is 16.2. The Morgan fingerprint density at radius 3 is 2.33 bits per heavy atom. The van der Waals surface area contributed by atoms with E-state index < -0.39 is 0 Å². The Bertz CT molecular complexity index is 154. The molecule has 1 heterocycles. The molecule has 3 N–H and O–H groups in total. The van der Waals surface area contributed by atoms with E-state index in [1.807, 2.05) is 12.1 Å². The average molecular weight is 125 g/mol. The normalized spacial score (nSPS) is 7.11. The second-order valence-corrected chi connectivity index (χ2v) is 1.25. The third kappa shape index (κ3) is 3.16. The molecule has 0 atom stereocenters. The summed E-state index contributed by atoms with van der Waals surface area (Å²) in [5.41, 5.74) is 9.75. The van der Waals surface area contributed by atoms with Crippen molar-refractivity contribution in [2.45, 2.75) is 0 Å². The molecule has 1 rings (SSSR count). The van der Waals surface area contributed by atoms with Gasteiger partial charge in [-0.25, -0.2) is 4.98 Å². The molecule has 48 valence electrons. The summed E-state index contributed by atoms with van der Waals surface area (Å²) in [6, 6.07) is 5.43. The van der Waals surface area contributed by atoms with Crippen LogP contribution in [0.5, 0.6) is 0 Å². The molecule has 9 heavy (non-hydrogen) atoms. The quantitative estimate of drug-likeness (QED) is 0.507. The van der Waals surface area contributed by atoms with Crippen LogP contribution in [0.15, 0.2) is 24.4 Å². The minimum absolute atomic E-state index is 0.572. The van der Waals surface area contributed by atoms with Gasteiger partial charge < -0.3 is 5.73 Å². The number of nitrogens with zero attached hydrogens (tertiary/aromatic N) is 1. The predicted octanol–water partition coefficient (Wildman–Crippen LogP) is 0.995. The van der Waals surface area contributed by atoms with Crippen LogP contribution in [-0.2, 0) is 0 Å². The summed E-state index contributed by atoms with van der Waals surface area (Å²) in [7, 11) is 0. The molecular formula is C5H7N3O. The fraction of sp³-hybridized carbons (Fsp3) is 0. The lowest BCUT2D eigenvalue weighted by Crippen LogP contribution is -1.85. The molecule has 0 spiro atoms. The van der Waals surface area contributed by atoms with E-state index in [0.717, 1.165) is 0 Å². The maximum Gasteiger partial charge on any atom is 0.123 e. The molecule has 0 saturated carbocycles. The Morgan fingerprint density at radius 2 is 2.11 bits per heavy atom. The largest absolute Gasteiger partial charge is 0.384 e. The zero-order chi connectivity index (χ0) is 7.11. The van der Waals surface area contributed by atoms with E-state index in [9.17, 15) is 0 Å². The standard InChI is InChI=1S/C5H6N2.HNO/c6-5-3-1-2-4-7-5;1-2/h1-4H,(H2,6,7);1H. The molecule has 0 aliphatic heterocycles. The van der Waals surface area contributed by atoms with Gasteiger partial charge in [-0.1, -0.05) is 11.7 Å². The van der Waals surface area contributed by atoms with Crippen LogP contribution < -0.4 is 5.73 Å². The Labute approximate surface area is 52.5 Å². The van der Waals surface area contributed by atoms with Gasteiger partial charge in [-0.2, -0.15) is 4.91 Å². The molecule has 0 aromatic carbocycles. The van der Waals surface area contributed by atoms with E-state index in [2.05, 4.69) is 10.6 Å². The van der Waals surface area contributed by atoms with Gasteiger partial charge in [-0.15, -0.1) is 0 Å². The highest BCUT2D eigenvalue weighted by Crippen LogP contribution is 1.89. The van der Waals surface area contributed by atoms with Crippen molar-refractivity contribution < 1.29 is 0 Å². The van der Waals surface area contributed by atoms with Crippen LogP contribution in [0.3, 0.4) is 0 Å². The summed E-state index contributed by atoms with van der Waals surface area (Å²) in [6.45, 7) is 0. The van der Waals surface area contributed by atoms with Gasteiger partial charge in [0.2, 0.25) is 0 Å². The fourth-order valence-corrected chi connectivity index (χ4v) is 0.376. The Balaban J connectivity index is 0.000000291. The number of anilines is 1. The lowest BCUT2D eigenvalue weighted by Gasteiger charge is -1.82. The van der Waals surface area contributed by atoms with Crippen molar-refractivity contribution in [3.05, 3.63) is 29.3 Å². The number of rotatable bonds is 0.